The first-order valence-electron chi connectivity index (χ1n) is 7.49. The fourth-order valence-corrected chi connectivity index (χ4v) is 3.40. The maximum absolute atomic E-state index is 11.5. The van der Waals surface area contributed by atoms with Crippen LogP contribution in [0.2, 0.25) is 0 Å². The van der Waals surface area contributed by atoms with Gasteiger partial charge in [-0.2, -0.15) is 0 Å². The van der Waals surface area contributed by atoms with Crippen molar-refractivity contribution in [1.82, 2.24) is 9.97 Å². The van der Waals surface area contributed by atoms with Gasteiger partial charge in [0, 0.05) is 53.9 Å². The maximum atomic E-state index is 11.5. The van der Waals surface area contributed by atoms with E-state index in [0.29, 0.717) is 5.92 Å². The van der Waals surface area contributed by atoms with Gasteiger partial charge in [0.2, 0.25) is 0 Å². The summed E-state index contributed by atoms with van der Waals surface area (Å²) in [6, 6.07) is 2.04. The van der Waals surface area contributed by atoms with Gasteiger partial charge in [0.05, 0.1) is 0 Å². The van der Waals surface area contributed by atoms with Crippen molar-refractivity contribution >= 4 is 22.4 Å². The van der Waals surface area contributed by atoms with Crippen LogP contribution in [0.1, 0.15) is 37.9 Å². The van der Waals surface area contributed by atoms with Crippen molar-refractivity contribution in [3.05, 3.63) is 11.9 Å². The molecule has 0 amide bonds. The number of hydrogen-bond acceptors (Lipinski definition) is 5. The third kappa shape index (κ3) is 3.29. The zero-order chi connectivity index (χ0) is 13.9. The summed E-state index contributed by atoms with van der Waals surface area (Å²) < 4.78 is 11.5. The van der Waals surface area contributed by atoms with E-state index in [1.807, 2.05) is 6.07 Å². The molecule has 110 valence electrons. The lowest BCUT2D eigenvalue weighted by molar-refractivity contribution is 0.672. The van der Waals surface area contributed by atoms with E-state index in [1.165, 1.54) is 12.8 Å². The molecule has 2 heterocycles. The Kier molecular flexibility index (Phi) is 4.19. The zero-order valence-electron chi connectivity index (χ0n) is 12.0. The number of rotatable bonds is 5. The zero-order valence-corrected chi connectivity index (χ0v) is 12.8. The van der Waals surface area contributed by atoms with Crippen LogP contribution in [0.4, 0.5) is 11.6 Å². The lowest BCUT2D eigenvalue weighted by Crippen LogP contribution is -2.38. The number of nitrogens with one attached hydrogen (secondary N) is 1. The molecule has 1 aromatic heterocycles. The highest BCUT2D eigenvalue weighted by Crippen LogP contribution is 2.39. The second kappa shape index (κ2) is 6.08. The van der Waals surface area contributed by atoms with Crippen molar-refractivity contribution in [2.24, 2.45) is 0 Å². The maximum Gasteiger partial charge on any atom is 0.136 e. The van der Waals surface area contributed by atoms with Gasteiger partial charge in [-0.1, -0.05) is 6.92 Å². The fourth-order valence-electron chi connectivity index (χ4n) is 2.35. The molecule has 1 N–H and O–H groups in total. The molecular formula is C14H22N4OS. The van der Waals surface area contributed by atoms with Crippen LogP contribution in [0.25, 0.3) is 0 Å². The van der Waals surface area contributed by atoms with Crippen LogP contribution in [-0.2, 0) is 10.8 Å². The summed E-state index contributed by atoms with van der Waals surface area (Å²) in [5.41, 5.74) is 0. The monoisotopic (exact) mass is 294 g/mol. The molecule has 3 rings (SSSR count). The lowest BCUT2D eigenvalue weighted by atomic mass is 10.3. The van der Waals surface area contributed by atoms with Crippen molar-refractivity contribution in [2.75, 3.05) is 41.4 Å². The van der Waals surface area contributed by atoms with Gasteiger partial charge in [-0.05, 0) is 19.3 Å². The minimum absolute atomic E-state index is 0.552. The van der Waals surface area contributed by atoms with Crippen LogP contribution in [-0.4, -0.2) is 45.3 Å². The number of nitrogens with zero attached hydrogens (tertiary/aromatic N) is 3. The SMILES string of the molecule is CCCNc1cc(N2CCS(=O)CC2)nc(C2CC2)n1. The largest absolute Gasteiger partial charge is 0.370 e. The van der Waals surface area contributed by atoms with Crippen LogP contribution in [0, 0.1) is 0 Å². The molecule has 0 bridgehead atoms. The summed E-state index contributed by atoms with van der Waals surface area (Å²) in [6.07, 6.45) is 3.50. The molecular weight excluding hydrogens is 272 g/mol. The van der Waals surface area contributed by atoms with Gasteiger partial charge in [-0.25, -0.2) is 9.97 Å². The van der Waals surface area contributed by atoms with Crippen molar-refractivity contribution in [1.29, 1.82) is 0 Å². The Morgan fingerprint density at radius 1 is 1.35 bits per heavy atom. The van der Waals surface area contributed by atoms with Crippen LogP contribution in [0.15, 0.2) is 6.07 Å². The van der Waals surface area contributed by atoms with E-state index in [2.05, 4.69) is 22.1 Å². The molecule has 0 radical (unpaired) electrons. The summed E-state index contributed by atoms with van der Waals surface area (Å²) >= 11 is 0. The molecule has 0 aromatic carbocycles. The van der Waals surface area contributed by atoms with Gasteiger partial charge >= 0.3 is 0 Å². The molecule has 0 spiro atoms. The molecule has 1 saturated heterocycles. The first-order valence-corrected chi connectivity index (χ1v) is 8.98. The average Bonchev–Trinajstić information content (AvgIpc) is 3.30. The molecule has 2 fully saturated rings. The van der Waals surface area contributed by atoms with Crippen LogP contribution < -0.4 is 10.2 Å². The van der Waals surface area contributed by atoms with E-state index < -0.39 is 10.8 Å². The molecule has 0 atom stereocenters. The van der Waals surface area contributed by atoms with Crippen molar-refractivity contribution in [3.8, 4) is 0 Å². The number of hydrogen-bond donors (Lipinski definition) is 1. The quantitative estimate of drug-likeness (QED) is 0.896. The third-order valence-corrected chi connectivity index (χ3v) is 5.01. The van der Waals surface area contributed by atoms with Gasteiger partial charge in [-0.15, -0.1) is 0 Å². The van der Waals surface area contributed by atoms with Crippen LogP contribution >= 0.6 is 0 Å². The average molecular weight is 294 g/mol. The van der Waals surface area contributed by atoms with E-state index in [0.717, 1.165) is 55.0 Å². The molecule has 6 heteroatoms. The van der Waals surface area contributed by atoms with E-state index in [4.69, 9.17) is 4.98 Å². The number of anilines is 2. The molecule has 0 unspecified atom stereocenters. The highest BCUT2D eigenvalue weighted by atomic mass is 32.2. The molecule has 20 heavy (non-hydrogen) atoms. The highest BCUT2D eigenvalue weighted by molar-refractivity contribution is 7.85. The Morgan fingerprint density at radius 2 is 2.10 bits per heavy atom. The fraction of sp³-hybridized carbons (Fsp3) is 0.714. The molecule has 1 aliphatic heterocycles. The van der Waals surface area contributed by atoms with Crippen molar-refractivity contribution in [2.45, 2.75) is 32.1 Å². The lowest BCUT2D eigenvalue weighted by Gasteiger charge is -2.28. The summed E-state index contributed by atoms with van der Waals surface area (Å²) in [4.78, 5) is 11.6. The molecule has 2 aliphatic rings. The Balaban J connectivity index is 1.80. The standard InChI is InChI=1S/C14H22N4OS/c1-2-5-15-12-10-13(17-14(16-12)11-3-4-11)18-6-8-20(19)9-7-18/h10-11H,2-9H2,1H3,(H,15,16,17). The van der Waals surface area contributed by atoms with Crippen molar-refractivity contribution in [3.63, 3.8) is 0 Å². The minimum Gasteiger partial charge on any atom is -0.370 e. The van der Waals surface area contributed by atoms with Gasteiger partial charge in [-0.3, -0.25) is 4.21 Å². The predicted molar refractivity (Wildman–Crippen MR) is 82.9 cm³/mol. The minimum atomic E-state index is -0.647. The third-order valence-electron chi connectivity index (χ3n) is 3.73. The molecule has 1 aliphatic carbocycles. The van der Waals surface area contributed by atoms with E-state index in [1.54, 1.807) is 0 Å². The number of aromatic nitrogens is 2. The smallest absolute Gasteiger partial charge is 0.136 e. The van der Waals surface area contributed by atoms with Crippen molar-refractivity contribution < 1.29 is 4.21 Å². The Morgan fingerprint density at radius 3 is 2.75 bits per heavy atom. The summed E-state index contributed by atoms with van der Waals surface area (Å²) in [5.74, 6) is 4.97. The Hall–Kier alpha value is -1.17. The summed E-state index contributed by atoms with van der Waals surface area (Å²) in [7, 11) is -0.647. The van der Waals surface area contributed by atoms with Gasteiger partial charge in [0.15, 0.2) is 0 Å². The molecule has 1 aromatic rings. The topological polar surface area (TPSA) is 58.1 Å². The Labute approximate surface area is 122 Å². The first kappa shape index (κ1) is 13.8. The van der Waals surface area contributed by atoms with E-state index >= 15 is 0 Å². The normalized spacial score (nSPS) is 20.1. The highest BCUT2D eigenvalue weighted by Gasteiger charge is 2.28. The second-order valence-corrected chi connectivity index (χ2v) is 7.20. The van der Waals surface area contributed by atoms with Crippen LogP contribution in [0.3, 0.4) is 0 Å². The van der Waals surface area contributed by atoms with Gasteiger partial charge in [0.25, 0.3) is 0 Å². The summed E-state index contributed by atoms with van der Waals surface area (Å²) in [5, 5.41) is 3.37. The van der Waals surface area contributed by atoms with E-state index in [-0.39, 0.29) is 0 Å². The molecule has 1 saturated carbocycles. The first-order chi connectivity index (χ1) is 9.76. The van der Waals surface area contributed by atoms with Gasteiger partial charge in [0.1, 0.15) is 17.5 Å². The van der Waals surface area contributed by atoms with Crippen LogP contribution in [0.5, 0.6) is 0 Å². The second-order valence-electron chi connectivity index (χ2n) is 5.51. The predicted octanol–water partition coefficient (Wildman–Crippen LogP) is 1.74. The van der Waals surface area contributed by atoms with E-state index in [9.17, 15) is 4.21 Å². The summed E-state index contributed by atoms with van der Waals surface area (Å²) in [6.45, 7) is 4.75. The molecule has 5 nitrogen and oxygen atoms in total. The Bertz CT molecular complexity index is 494. The van der Waals surface area contributed by atoms with Gasteiger partial charge < -0.3 is 10.2 Å².